The predicted molar refractivity (Wildman–Crippen MR) is 175 cm³/mol. The van der Waals surface area contributed by atoms with Crippen LogP contribution in [0.5, 0.6) is 0 Å². The molecule has 0 radical (unpaired) electrons. The van der Waals surface area contributed by atoms with E-state index in [2.05, 4.69) is 78.5 Å². The second-order valence-electron chi connectivity index (χ2n) is 13.6. The van der Waals surface area contributed by atoms with Gasteiger partial charge >= 0.3 is 257 Å². The number of unbranched alkanes of at least 4 members (excludes halogenated alkanes) is 3. The second-order valence-corrected chi connectivity index (χ2v) is 27.6. The van der Waals surface area contributed by atoms with Gasteiger partial charge in [0.2, 0.25) is 0 Å². The Morgan fingerprint density at radius 2 is 1.54 bits per heavy atom. The van der Waals surface area contributed by atoms with Crippen LogP contribution >= 0.6 is 0 Å². The number of methoxy groups -OCH3 is 1. The SMILES string of the molecule is C=C(C[C@@H]([CH2][Sn]([CH2]CCC)([CH2]CCC)[CH2]CCC)C(=O)O[C@@H]1C[C@H](C)CC[C@H]1C(C)(C)c1ccccc1)C(=O)OC. The van der Waals surface area contributed by atoms with E-state index < -0.39 is 24.3 Å². The molecule has 0 bridgehead atoms. The van der Waals surface area contributed by atoms with Crippen molar-refractivity contribution in [3.8, 4) is 0 Å². The molecule has 1 fully saturated rings. The molecule has 232 valence electrons. The van der Waals surface area contributed by atoms with Crippen LogP contribution < -0.4 is 0 Å². The number of rotatable bonds is 18. The van der Waals surface area contributed by atoms with Crippen molar-refractivity contribution in [2.45, 2.75) is 135 Å². The van der Waals surface area contributed by atoms with Crippen molar-refractivity contribution in [2.24, 2.45) is 17.8 Å². The topological polar surface area (TPSA) is 52.6 Å². The first-order valence-electron chi connectivity index (χ1n) is 16.6. The summed E-state index contributed by atoms with van der Waals surface area (Å²) in [6.45, 7) is 17.8. The van der Waals surface area contributed by atoms with Gasteiger partial charge in [0.05, 0.1) is 0 Å². The Kier molecular flexibility index (Phi) is 15.5. The van der Waals surface area contributed by atoms with Crippen molar-refractivity contribution in [3.05, 3.63) is 48.0 Å². The zero-order valence-electron chi connectivity index (χ0n) is 27.4. The summed E-state index contributed by atoms with van der Waals surface area (Å²) in [5.41, 5.74) is 1.59. The molecule has 0 unspecified atom stereocenters. The number of ether oxygens (including phenoxy) is 2. The van der Waals surface area contributed by atoms with E-state index in [0.717, 1.165) is 23.7 Å². The fraction of sp³-hybridized carbons (Fsp3) is 0.722. The molecule has 0 amide bonds. The maximum absolute atomic E-state index is 14.3. The number of esters is 2. The van der Waals surface area contributed by atoms with Crippen molar-refractivity contribution in [1.29, 1.82) is 0 Å². The van der Waals surface area contributed by atoms with E-state index in [1.807, 2.05) is 0 Å². The Hall–Kier alpha value is -1.30. The van der Waals surface area contributed by atoms with Gasteiger partial charge in [-0.25, -0.2) is 0 Å². The van der Waals surface area contributed by atoms with Crippen LogP contribution in [0.4, 0.5) is 0 Å². The Labute approximate surface area is 256 Å². The Bertz CT molecular complexity index is 918. The minimum atomic E-state index is -2.72. The summed E-state index contributed by atoms with van der Waals surface area (Å²) < 4.78 is 16.6. The van der Waals surface area contributed by atoms with E-state index in [4.69, 9.17) is 9.47 Å². The van der Waals surface area contributed by atoms with Gasteiger partial charge in [-0.05, 0) is 0 Å². The monoisotopic (exact) mass is 676 g/mol. The Morgan fingerprint density at radius 1 is 0.976 bits per heavy atom. The summed E-state index contributed by atoms with van der Waals surface area (Å²) in [6.07, 6.45) is 10.6. The van der Waals surface area contributed by atoms with Gasteiger partial charge in [-0.2, -0.15) is 0 Å². The Morgan fingerprint density at radius 3 is 2.05 bits per heavy atom. The first-order chi connectivity index (χ1) is 19.5. The molecule has 2 rings (SSSR count). The third-order valence-corrected chi connectivity index (χ3v) is 25.9. The molecule has 1 saturated carbocycles. The van der Waals surface area contributed by atoms with Gasteiger partial charge in [0.25, 0.3) is 0 Å². The van der Waals surface area contributed by atoms with Gasteiger partial charge in [0, 0.05) is 0 Å². The van der Waals surface area contributed by atoms with Crippen molar-refractivity contribution in [2.75, 3.05) is 7.11 Å². The summed E-state index contributed by atoms with van der Waals surface area (Å²) in [6, 6.07) is 10.7. The number of carbonyl (C=O) groups is 2. The molecule has 1 aliphatic carbocycles. The quantitative estimate of drug-likeness (QED) is 0.0884. The molecular formula is C36H60O4Sn. The van der Waals surface area contributed by atoms with Crippen LogP contribution in [-0.4, -0.2) is 43.5 Å². The van der Waals surface area contributed by atoms with E-state index in [-0.39, 0.29) is 29.3 Å². The maximum atomic E-state index is 14.3. The molecule has 4 nitrogen and oxygen atoms in total. The van der Waals surface area contributed by atoms with E-state index in [9.17, 15) is 9.59 Å². The fourth-order valence-electron chi connectivity index (χ4n) is 7.23. The Balaban J connectivity index is 2.41. The zero-order valence-corrected chi connectivity index (χ0v) is 30.3. The number of carbonyl (C=O) groups excluding carboxylic acids is 2. The molecule has 0 N–H and O–H groups in total. The fourth-order valence-corrected chi connectivity index (χ4v) is 24.4. The van der Waals surface area contributed by atoms with Crippen molar-refractivity contribution in [3.63, 3.8) is 0 Å². The van der Waals surface area contributed by atoms with Gasteiger partial charge in [-0.15, -0.1) is 0 Å². The third kappa shape index (κ3) is 10.7. The van der Waals surface area contributed by atoms with E-state index in [0.29, 0.717) is 17.9 Å². The van der Waals surface area contributed by atoms with Crippen LogP contribution in [-0.2, 0) is 24.5 Å². The standard InChI is InChI=1S/C24H33O4.3C4H9.Sn/c1-16-12-13-20(24(4,5)19-10-8-7-9-11-19)21(14-16)28-23(26)18(3)15-17(2)22(25)27-6;3*1-3-4-2;/h7-11,16,18,20-21H,2-3,12-15H2,1,4-6H3;3*1,3-4H2,2H3;/t16-,18-,20-,21-;;;;/m1..../s1. The molecule has 0 aromatic heterocycles. The van der Waals surface area contributed by atoms with Gasteiger partial charge in [-0.1, -0.05) is 0 Å². The van der Waals surface area contributed by atoms with Gasteiger partial charge < -0.3 is 0 Å². The first-order valence-corrected chi connectivity index (χ1v) is 24.6. The van der Waals surface area contributed by atoms with E-state index in [1.54, 1.807) is 0 Å². The average molecular weight is 676 g/mol. The van der Waals surface area contributed by atoms with Crippen LogP contribution in [0.15, 0.2) is 42.5 Å². The minimum absolute atomic E-state index is 0.103. The molecular weight excluding hydrogens is 615 g/mol. The van der Waals surface area contributed by atoms with Crippen molar-refractivity contribution in [1.82, 2.24) is 0 Å². The molecule has 0 saturated heterocycles. The normalized spacial score (nSPS) is 20.3. The molecule has 0 spiro atoms. The summed E-state index contributed by atoms with van der Waals surface area (Å²) in [5.74, 6) is -0.0398. The number of hydrogen-bond acceptors (Lipinski definition) is 4. The second kappa shape index (κ2) is 17.7. The first kappa shape index (κ1) is 35.9. The van der Waals surface area contributed by atoms with Crippen LogP contribution in [0.25, 0.3) is 0 Å². The molecule has 5 heteroatoms. The molecule has 1 aromatic rings. The van der Waals surface area contributed by atoms with Crippen LogP contribution in [0, 0.1) is 17.8 Å². The average Bonchev–Trinajstić information content (AvgIpc) is 2.97. The van der Waals surface area contributed by atoms with E-state index >= 15 is 0 Å². The molecule has 41 heavy (non-hydrogen) atoms. The zero-order chi connectivity index (χ0) is 30.5. The molecule has 0 heterocycles. The molecule has 0 aliphatic heterocycles. The van der Waals surface area contributed by atoms with Crippen molar-refractivity contribution < 1.29 is 19.1 Å². The van der Waals surface area contributed by atoms with Crippen molar-refractivity contribution >= 4 is 30.3 Å². The molecule has 1 aliphatic rings. The summed E-state index contributed by atoms with van der Waals surface area (Å²) in [4.78, 5) is 26.8. The number of benzene rings is 1. The third-order valence-electron chi connectivity index (χ3n) is 9.93. The van der Waals surface area contributed by atoms with Gasteiger partial charge in [0.1, 0.15) is 0 Å². The van der Waals surface area contributed by atoms with Gasteiger partial charge in [-0.3, -0.25) is 0 Å². The van der Waals surface area contributed by atoms with Gasteiger partial charge in [0.15, 0.2) is 0 Å². The summed E-state index contributed by atoms with van der Waals surface area (Å²) >= 11 is -2.72. The molecule has 4 atom stereocenters. The number of hydrogen-bond donors (Lipinski definition) is 0. The van der Waals surface area contributed by atoms with E-state index in [1.165, 1.54) is 64.5 Å². The van der Waals surface area contributed by atoms with Crippen LogP contribution in [0.3, 0.4) is 0 Å². The molecule has 1 aromatic carbocycles. The summed E-state index contributed by atoms with van der Waals surface area (Å²) in [7, 11) is 1.40. The van der Waals surface area contributed by atoms with Crippen LogP contribution in [0.2, 0.25) is 17.7 Å². The summed E-state index contributed by atoms with van der Waals surface area (Å²) in [5, 5.41) is 0. The predicted octanol–water partition coefficient (Wildman–Crippen LogP) is 9.90. The van der Waals surface area contributed by atoms with Crippen LogP contribution in [0.1, 0.15) is 111 Å².